The molecule has 1 aromatic carbocycles. The lowest BCUT2D eigenvalue weighted by molar-refractivity contribution is -0.139. The zero-order valence-corrected chi connectivity index (χ0v) is 15.9. The van der Waals surface area contributed by atoms with Gasteiger partial charge in [-0.05, 0) is 18.4 Å². The third-order valence-corrected chi connectivity index (χ3v) is 5.71. The summed E-state index contributed by atoms with van der Waals surface area (Å²) < 4.78 is 0. The van der Waals surface area contributed by atoms with Gasteiger partial charge in [0.2, 0.25) is 11.8 Å². The Hall–Kier alpha value is -2.74. The van der Waals surface area contributed by atoms with Gasteiger partial charge < -0.3 is 10.2 Å². The molecular formula is C20H26N6O2. The van der Waals surface area contributed by atoms with Gasteiger partial charge in [0.25, 0.3) is 0 Å². The summed E-state index contributed by atoms with van der Waals surface area (Å²) in [4.78, 5) is 33.6. The molecule has 2 amide bonds. The Kier molecular flexibility index (Phi) is 5.66. The molecule has 8 heteroatoms. The summed E-state index contributed by atoms with van der Waals surface area (Å²) >= 11 is 0. The molecule has 8 nitrogen and oxygen atoms in total. The van der Waals surface area contributed by atoms with E-state index >= 15 is 0 Å². The third-order valence-electron chi connectivity index (χ3n) is 5.71. The molecule has 4 rings (SSSR count). The second-order valence-electron chi connectivity index (χ2n) is 7.49. The Labute approximate surface area is 164 Å². The number of likely N-dealkylation sites (tertiary alicyclic amines) is 1. The Balaban J connectivity index is 1.35. The molecule has 2 aromatic rings. The predicted octanol–water partition coefficient (Wildman–Crippen LogP) is 0.901. The third kappa shape index (κ3) is 4.22. The number of carbonyl (C=O) groups excluding carboxylic acids is 2. The van der Waals surface area contributed by atoms with Crippen LogP contribution in [-0.4, -0.2) is 69.0 Å². The van der Waals surface area contributed by atoms with Crippen molar-refractivity contribution in [1.29, 1.82) is 0 Å². The average Bonchev–Trinajstić information content (AvgIpc) is 3.26. The fraction of sp³-hybridized carbons (Fsp3) is 0.500. The Bertz CT molecular complexity index is 786. The molecule has 28 heavy (non-hydrogen) atoms. The first-order chi connectivity index (χ1) is 13.7. The highest BCUT2D eigenvalue weighted by atomic mass is 16.2. The van der Waals surface area contributed by atoms with Crippen LogP contribution in [0.3, 0.4) is 0 Å². The standard InChI is InChI=1S/C20H26N6O2/c27-18(25-9-6-16(7-10-25)19-22-14-23-24-19)12-17-20(28)21-8-11-26(17)13-15-4-2-1-3-5-15/h1-5,14,16-17H,6-13H2,(H,21,28)(H,22,23,24)/t17-/m1/s1. The summed E-state index contributed by atoms with van der Waals surface area (Å²) in [6.07, 6.45) is 3.48. The first-order valence-corrected chi connectivity index (χ1v) is 9.89. The van der Waals surface area contributed by atoms with Gasteiger partial charge in [0.15, 0.2) is 0 Å². The van der Waals surface area contributed by atoms with Crippen molar-refractivity contribution in [3.8, 4) is 0 Å². The van der Waals surface area contributed by atoms with Gasteiger partial charge in [-0.3, -0.25) is 19.6 Å². The van der Waals surface area contributed by atoms with Crippen LogP contribution in [0.1, 0.15) is 36.6 Å². The van der Waals surface area contributed by atoms with Crippen LogP contribution in [0, 0.1) is 0 Å². The number of piperazine rings is 1. The minimum atomic E-state index is -0.409. The minimum absolute atomic E-state index is 0.0490. The normalized spacial score (nSPS) is 21.5. The fourth-order valence-electron chi connectivity index (χ4n) is 4.10. The number of carbonyl (C=O) groups is 2. The summed E-state index contributed by atoms with van der Waals surface area (Å²) in [6, 6.07) is 9.68. The van der Waals surface area contributed by atoms with Crippen LogP contribution in [0.5, 0.6) is 0 Å². The number of hydrogen-bond donors (Lipinski definition) is 2. The molecule has 2 aliphatic rings. The van der Waals surface area contributed by atoms with Gasteiger partial charge in [-0.15, -0.1) is 0 Å². The quantitative estimate of drug-likeness (QED) is 0.801. The molecule has 148 valence electrons. The fourth-order valence-corrected chi connectivity index (χ4v) is 4.10. The molecule has 1 aromatic heterocycles. The van der Waals surface area contributed by atoms with Crippen molar-refractivity contribution < 1.29 is 9.59 Å². The minimum Gasteiger partial charge on any atom is -0.353 e. The van der Waals surface area contributed by atoms with Gasteiger partial charge in [0, 0.05) is 38.6 Å². The molecule has 3 heterocycles. The van der Waals surface area contributed by atoms with Crippen LogP contribution >= 0.6 is 0 Å². The van der Waals surface area contributed by atoms with E-state index in [0.29, 0.717) is 32.1 Å². The van der Waals surface area contributed by atoms with E-state index in [1.54, 1.807) is 0 Å². The Morgan fingerprint density at radius 2 is 1.93 bits per heavy atom. The van der Waals surface area contributed by atoms with Gasteiger partial charge in [-0.25, -0.2) is 4.98 Å². The van der Waals surface area contributed by atoms with Crippen LogP contribution in [0.2, 0.25) is 0 Å². The summed E-state index contributed by atoms with van der Waals surface area (Å²) in [5, 5.41) is 9.75. The zero-order chi connectivity index (χ0) is 19.3. The number of H-pyrrole nitrogens is 1. The van der Waals surface area contributed by atoms with Crippen molar-refractivity contribution in [1.82, 2.24) is 30.3 Å². The monoisotopic (exact) mass is 382 g/mol. The maximum atomic E-state index is 12.9. The van der Waals surface area contributed by atoms with E-state index in [-0.39, 0.29) is 18.2 Å². The molecule has 2 saturated heterocycles. The Morgan fingerprint density at radius 3 is 2.64 bits per heavy atom. The van der Waals surface area contributed by atoms with E-state index < -0.39 is 6.04 Å². The highest BCUT2D eigenvalue weighted by Gasteiger charge is 2.34. The van der Waals surface area contributed by atoms with Crippen LogP contribution in [0.25, 0.3) is 0 Å². The van der Waals surface area contributed by atoms with Crippen molar-refractivity contribution >= 4 is 11.8 Å². The van der Waals surface area contributed by atoms with Crippen molar-refractivity contribution in [2.24, 2.45) is 0 Å². The van der Waals surface area contributed by atoms with Gasteiger partial charge in [-0.1, -0.05) is 30.3 Å². The molecule has 0 unspecified atom stereocenters. The molecule has 2 aliphatic heterocycles. The first-order valence-electron chi connectivity index (χ1n) is 9.89. The van der Waals surface area contributed by atoms with Gasteiger partial charge >= 0.3 is 0 Å². The number of benzene rings is 1. The summed E-state index contributed by atoms with van der Waals surface area (Å²) in [7, 11) is 0. The maximum Gasteiger partial charge on any atom is 0.237 e. The number of aromatic amines is 1. The summed E-state index contributed by atoms with van der Waals surface area (Å²) in [5.41, 5.74) is 1.16. The highest BCUT2D eigenvalue weighted by Crippen LogP contribution is 2.26. The number of piperidine rings is 1. The second-order valence-corrected chi connectivity index (χ2v) is 7.49. The molecule has 2 fully saturated rings. The number of amides is 2. The zero-order valence-electron chi connectivity index (χ0n) is 15.9. The molecule has 0 spiro atoms. The molecular weight excluding hydrogens is 356 g/mol. The van der Waals surface area contributed by atoms with Gasteiger partial charge in [0.05, 0.1) is 12.5 Å². The lowest BCUT2D eigenvalue weighted by Gasteiger charge is -2.37. The largest absolute Gasteiger partial charge is 0.353 e. The summed E-state index contributed by atoms with van der Waals surface area (Å²) in [6.45, 7) is 3.44. The number of rotatable bonds is 5. The molecule has 0 bridgehead atoms. The topological polar surface area (TPSA) is 94.2 Å². The van der Waals surface area contributed by atoms with Gasteiger partial charge in [-0.2, -0.15) is 5.10 Å². The van der Waals surface area contributed by atoms with Gasteiger partial charge in [0.1, 0.15) is 12.2 Å². The van der Waals surface area contributed by atoms with Crippen molar-refractivity contribution in [2.75, 3.05) is 26.2 Å². The Morgan fingerprint density at radius 1 is 1.14 bits per heavy atom. The molecule has 0 radical (unpaired) electrons. The van der Waals surface area contributed by atoms with E-state index in [2.05, 4.69) is 37.5 Å². The van der Waals surface area contributed by atoms with Crippen LogP contribution < -0.4 is 5.32 Å². The number of nitrogens with one attached hydrogen (secondary N) is 2. The van der Waals surface area contributed by atoms with Crippen molar-refractivity contribution in [3.63, 3.8) is 0 Å². The highest BCUT2D eigenvalue weighted by molar-refractivity contribution is 5.88. The number of aromatic nitrogens is 3. The SMILES string of the molecule is O=C1NCCN(Cc2ccccc2)[C@@H]1CC(=O)N1CCC(c2ncn[nH]2)CC1. The van der Waals surface area contributed by atoms with E-state index in [4.69, 9.17) is 0 Å². The molecule has 1 atom stereocenters. The molecule has 0 saturated carbocycles. The molecule has 0 aliphatic carbocycles. The van der Waals surface area contributed by atoms with E-state index in [1.165, 1.54) is 6.33 Å². The summed E-state index contributed by atoms with van der Waals surface area (Å²) in [5.74, 6) is 1.22. The predicted molar refractivity (Wildman–Crippen MR) is 103 cm³/mol. The molecule has 2 N–H and O–H groups in total. The number of nitrogens with zero attached hydrogens (tertiary/aromatic N) is 4. The second kappa shape index (κ2) is 8.52. The van der Waals surface area contributed by atoms with Crippen molar-refractivity contribution in [2.45, 2.75) is 37.8 Å². The first kappa shape index (κ1) is 18.6. The van der Waals surface area contributed by atoms with E-state index in [0.717, 1.165) is 30.8 Å². The van der Waals surface area contributed by atoms with Crippen LogP contribution in [0.4, 0.5) is 0 Å². The average molecular weight is 382 g/mol. The van der Waals surface area contributed by atoms with Crippen molar-refractivity contribution in [3.05, 3.63) is 48.0 Å². The number of hydrogen-bond acceptors (Lipinski definition) is 5. The lowest BCUT2D eigenvalue weighted by Crippen LogP contribution is -2.56. The van der Waals surface area contributed by atoms with Crippen LogP contribution in [0.15, 0.2) is 36.7 Å². The van der Waals surface area contributed by atoms with E-state index in [9.17, 15) is 9.59 Å². The lowest BCUT2D eigenvalue weighted by atomic mass is 9.95. The maximum absolute atomic E-state index is 12.9. The van der Waals surface area contributed by atoms with E-state index in [1.807, 2.05) is 23.1 Å². The smallest absolute Gasteiger partial charge is 0.237 e. The van der Waals surface area contributed by atoms with Crippen LogP contribution in [-0.2, 0) is 16.1 Å².